The Hall–Kier alpha value is -1.32. The smallest absolute Gasteiger partial charge is 0.225 e. The van der Waals surface area contributed by atoms with Gasteiger partial charge in [-0.1, -0.05) is 12.8 Å². The fourth-order valence-electron chi connectivity index (χ4n) is 2.58. The molecule has 1 heterocycles. The molecule has 1 saturated carbocycles. The van der Waals surface area contributed by atoms with Crippen LogP contribution >= 0.6 is 0 Å². The maximum absolute atomic E-state index is 4.64. The first-order valence-corrected chi connectivity index (χ1v) is 7.10. The molecule has 0 radical (unpaired) electrons. The van der Waals surface area contributed by atoms with Crippen LogP contribution in [0, 0.1) is 6.92 Å². The molecule has 4 nitrogen and oxygen atoms in total. The molecule has 1 aromatic heterocycles. The van der Waals surface area contributed by atoms with Crippen molar-refractivity contribution in [3.05, 3.63) is 11.8 Å². The Balaban J connectivity index is 2.14. The number of anilines is 2. The van der Waals surface area contributed by atoms with Gasteiger partial charge in [-0.25, -0.2) is 4.98 Å². The monoisotopic (exact) mass is 248 g/mol. The third kappa shape index (κ3) is 3.12. The van der Waals surface area contributed by atoms with Crippen molar-refractivity contribution < 1.29 is 0 Å². The number of aryl methyl sites for hydroxylation is 1. The lowest BCUT2D eigenvalue weighted by Crippen LogP contribution is -2.24. The summed E-state index contributed by atoms with van der Waals surface area (Å²) in [5, 5.41) is 3.48. The van der Waals surface area contributed by atoms with Crippen LogP contribution < -0.4 is 10.2 Å². The summed E-state index contributed by atoms with van der Waals surface area (Å²) in [6.45, 7) is 8.32. The van der Waals surface area contributed by atoms with E-state index in [2.05, 4.69) is 40.1 Å². The van der Waals surface area contributed by atoms with Gasteiger partial charge in [0.25, 0.3) is 0 Å². The molecule has 0 saturated heterocycles. The van der Waals surface area contributed by atoms with E-state index in [0.29, 0.717) is 6.04 Å². The Morgan fingerprint density at radius 2 is 1.89 bits per heavy atom. The van der Waals surface area contributed by atoms with Crippen LogP contribution in [-0.2, 0) is 0 Å². The molecule has 0 unspecified atom stereocenters. The topological polar surface area (TPSA) is 41.1 Å². The van der Waals surface area contributed by atoms with Crippen LogP contribution in [0.1, 0.15) is 45.2 Å². The first-order valence-electron chi connectivity index (χ1n) is 7.10. The van der Waals surface area contributed by atoms with Gasteiger partial charge in [-0.05, 0) is 33.6 Å². The molecular formula is C14H24N4. The second-order valence-electron chi connectivity index (χ2n) is 4.99. The summed E-state index contributed by atoms with van der Waals surface area (Å²) in [7, 11) is 0. The van der Waals surface area contributed by atoms with Crippen molar-refractivity contribution in [2.75, 3.05) is 23.3 Å². The highest BCUT2D eigenvalue weighted by Crippen LogP contribution is 2.22. The van der Waals surface area contributed by atoms with Gasteiger partial charge in [0.15, 0.2) is 0 Å². The third-order valence-corrected chi connectivity index (χ3v) is 3.62. The molecule has 4 heteroatoms. The fourth-order valence-corrected chi connectivity index (χ4v) is 2.58. The molecular weight excluding hydrogens is 224 g/mol. The minimum atomic E-state index is 0.566. The quantitative estimate of drug-likeness (QED) is 0.869. The number of nitrogens with zero attached hydrogens (tertiary/aromatic N) is 3. The molecule has 100 valence electrons. The summed E-state index contributed by atoms with van der Waals surface area (Å²) in [4.78, 5) is 11.4. The first kappa shape index (κ1) is 13.1. The van der Waals surface area contributed by atoms with E-state index in [4.69, 9.17) is 0 Å². The fraction of sp³-hybridized carbons (Fsp3) is 0.714. The van der Waals surface area contributed by atoms with Crippen LogP contribution in [0.4, 0.5) is 11.8 Å². The summed E-state index contributed by atoms with van der Waals surface area (Å²) >= 11 is 0. The second kappa shape index (κ2) is 6.03. The van der Waals surface area contributed by atoms with Gasteiger partial charge in [0, 0.05) is 30.9 Å². The molecule has 1 aliphatic rings. The van der Waals surface area contributed by atoms with E-state index in [1.807, 2.05) is 6.92 Å². The van der Waals surface area contributed by atoms with E-state index in [9.17, 15) is 0 Å². The molecule has 0 aromatic carbocycles. The van der Waals surface area contributed by atoms with Crippen LogP contribution in [0.3, 0.4) is 0 Å². The van der Waals surface area contributed by atoms with Crippen molar-refractivity contribution in [2.45, 2.75) is 52.5 Å². The highest BCUT2D eigenvalue weighted by molar-refractivity contribution is 5.44. The lowest BCUT2D eigenvalue weighted by Gasteiger charge is -2.21. The zero-order valence-electron chi connectivity index (χ0n) is 11.7. The standard InChI is InChI=1S/C14H24N4/c1-4-18(5-2)13-10-11(3)15-14(17-13)16-12-8-6-7-9-12/h10,12H,4-9H2,1-3H3,(H,15,16,17). The van der Waals surface area contributed by atoms with Crippen LogP contribution in [0.25, 0.3) is 0 Å². The van der Waals surface area contributed by atoms with Gasteiger partial charge in [0.05, 0.1) is 0 Å². The zero-order chi connectivity index (χ0) is 13.0. The van der Waals surface area contributed by atoms with Crippen molar-refractivity contribution in [1.82, 2.24) is 9.97 Å². The largest absolute Gasteiger partial charge is 0.357 e. The molecule has 1 N–H and O–H groups in total. The van der Waals surface area contributed by atoms with E-state index in [-0.39, 0.29) is 0 Å². The molecule has 0 bridgehead atoms. The van der Waals surface area contributed by atoms with Crippen LogP contribution in [0.15, 0.2) is 6.07 Å². The minimum Gasteiger partial charge on any atom is -0.357 e. The lowest BCUT2D eigenvalue weighted by atomic mass is 10.2. The van der Waals surface area contributed by atoms with Crippen molar-refractivity contribution in [3.63, 3.8) is 0 Å². The molecule has 18 heavy (non-hydrogen) atoms. The minimum absolute atomic E-state index is 0.566. The average Bonchev–Trinajstić information content (AvgIpc) is 2.83. The van der Waals surface area contributed by atoms with Crippen molar-refractivity contribution in [2.24, 2.45) is 0 Å². The number of rotatable bonds is 5. The lowest BCUT2D eigenvalue weighted by molar-refractivity contribution is 0.740. The molecule has 1 aliphatic carbocycles. The van der Waals surface area contributed by atoms with Gasteiger partial charge in [0.1, 0.15) is 5.82 Å². The Morgan fingerprint density at radius 1 is 1.22 bits per heavy atom. The maximum Gasteiger partial charge on any atom is 0.225 e. The van der Waals surface area contributed by atoms with E-state index in [0.717, 1.165) is 30.5 Å². The molecule has 0 aliphatic heterocycles. The van der Waals surface area contributed by atoms with E-state index >= 15 is 0 Å². The van der Waals surface area contributed by atoms with Crippen LogP contribution in [0.5, 0.6) is 0 Å². The molecule has 1 fully saturated rings. The number of aromatic nitrogens is 2. The number of nitrogens with one attached hydrogen (secondary N) is 1. The number of hydrogen-bond donors (Lipinski definition) is 1. The predicted octanol–water partition coefficient (Wildman–Crippen LogP) is 2.99. The zero-order valence-corrected chi connectivity index (χ0v) is 11.7. The third-order valence-electron chi connectivity index (χ3n) is 3.62. The summed E-state index contributed by atoms with van der Waals surface area (Å²) in [6, 6.07) is 2.63. The summed E-state index contributed by atoms with van der Waals surface area (Å²) in [5.74, 6) is 1.83. The Bertz CT molecular complexity index is 381. The van der Waals surface area contributed by atoms with E-state index < -0.39 is 0 Å². The average molecular weight is 248 g/mol. The van der Waals surface area contributed by atoms with Crippen LogP contribution in [-0.4, -0.2) is 29.1 Å². The highest BCUT2D eigenvalue weighted by Gasteiger charge is 2.16. The van der Waals surface area contributed by atoms with Crippen molar-refractivity contribution in [3.8, 4) is 0 Å². The van der Waals surface area contributed by atoms with Crippen LogP contribution in [0.2, 0.25) is 0 Å². The molecule has 0 amide bonds. The summed E-state index contributed by atoms with van der Waals surface area (Å²) < 4.78 is 0. The maximum atomic E-state index is 4.64. The normalized spacial score (nSPS) is 15.9. The van der Waals surface area contributed by atoms with Gasteiger partial charge in [-0.3, -0.25) is 0 Å². The van der Waals surface area contributed by atoms with E-state index in [1.165, 1.54) is 25.7 Å². The van der Waals surface area contributed by atoms with Crippen molar-refractivity contribution in [1.29, 1.82) is 0 Å². The molecule has 2 rings (SSSR count). The van der Waals surface area contributed by atoms with Gasteiger partial charge < -0.3 is 10.2 Å². The SMILES string of the molecule is CCN(CC)c1cc(C)nc(NC2CCCC2)n1. The molecule has 0 atom stereocenters. The molecule has 1 aromatic rings. The first-order chi connectivity index (χ1) is 8.72. The molecule has 0 spiro atoms. The van der Waals surface area contributed by atoms with Gasteiger partial charge in [-0.15, -0.1) is 0 Å². The van der Waals surface area contributed by atoms with E-state index in [1.54, 1.807) is 0 Å². The predicted molar refractivity (Wildman–Crippen MR) is 76.2 cm³/mol. The Labute approximate surface area is 110 Å². The highest BCUT2D eigenvalue weighted by atomic mass is 15.2. The van der Waals surface area contributed by atoms with Gasteiger partial charge >= 0.3 is 0 Å². The second-order valence-corrected chi connectivity index (χ2v) is 4.99. The Kier molecular flexibility index (Phi) is 4.39. The van der Waals surface area contributed by atoms with Gasteiger partial charge in [0.2, 0.25) is 5.95 Å². The Morgan fingerprint density at radius 3 is 2.50 bits per heavy atom. The summed E-state index contributed by atoms with van der Waals surface area (Å²) in [5.41, 5.74) is 1.03. The van der Waals surface area contributed by atoms with Crippen molar-refractivity contribution >= 4 is 11.8 Å². The summed E-state index contributed by atoms with van der Waals surface area (Å²) in [6.07, 6.45) is 5.15. The number of hydrogen-bond acceptors (Lipinski definition) is 4. The van der Waals surface area contributed by atoms with Gasteiger partial charge in [-0.2, -0.15) is 4.98 Å².